The quantitative estimate of drug-likeness (QED) is 0.246. The highest BCUT2D eigenvalue weighted by atomic mass is 16.5. The molecule has 0 aliphatic heterocycles. The highest BCUT2D eigenvalue weighted by Gasteiger charge is 2.17. The molecular weight excluding hydrogens is 504 g/mol. The third-order valence-electron chi connectivity index (χ3n) is 5.92. The summed E-state index contributed by atoms with van der Waals surface area (Å²) in [5, 5.41) is 22.9. The first kappa shape index (κ1) is 24.4. The molecule has 1 aromatic carbocycles. The maximum Gasteiger partial charge on any atom is 0.374 e. The predicted molar refractivity (Wildman–Crippen MR) is 148 cm³/mol. The minimum atomic E-state index is -0.137. The van der Waals surface area contributed by atoms with Crippen molar-refractivity contribution in [3.05, 3.63) is 121 Å². The van der Waals surface area contributed by atoms with Crippen molar-refractivity contribution in [2.75, 3.05) is 0 Å². The van der Waals surface area contributed by atoms with Gasteiger partial charge in [-0.15, -0.1) is 10.2 Å². The van der Waals surface area contributed by atoms with Gasteiger partial charge < -0.3 is 9.15 Å². The second-order valence-electron chi connectivity index (χ2n) is 8.58. The van der Waals surface area contributed by atoms with E-state index in [0.717, 1.165) is 17.1 Å². The maximum absolute atomic E-state index is 8.44. The van der Waals surface area contributed by atoms with E-state index in [9.17, 15) is 0 Å². The van der Waals surface area contributed by atoms with Gasteiger partial charge in [0, 0.05) is 35.9 Å². The largest absolute Gasteiger partial charge is 0.416 e. The molecule has 0 bridgehead atoms. The zero-order chi connectivity index (χ0) is 27.3. The summed E-state index contributed by atoms with van der Waals surface area (Å²) in [6, 6.07) is 25.6. The van der Waals surface area contributed by atoms with Crippen LogP contribution in [0, 0.1) is 5.41 Å². The van der Waals surface area contributed by atoms with Gasteiger partial charge in [-0.05, 0) is 66.7 Å². The Bertz CT molecular complexity index is 1790. The van der Waals surface area contributed by atoms with Gasteiger partial charge in [-0.1, -0.05) is 18.2 Å². The molecule has 0 saturated heterocycles. The third-order valence-corrected chi connectivity index (χ3v) is 5.92. The van der Waals surface area contributed by atoms with Crippen LogP contribution in [0.15, 0.2) is 114 Å². The molecule has 40 heavy (non-hydrogen) atoms. The average molecular weight is 526 g/mol. The molecule has 0 unspecified atom stereocenters. The summed E-state index contributed by atoms with van der Waals surface area (Å²) in [5.74, 6) is 0.537. The number of nitrogens with zero attached hydrogens (tertiary/aromatic N) is 6. The third kappa shape index (κ3) is 5.22. The van der Waals surface area contributed by atoms with Crippen molar-refractivity contribution in [3.63, 3.8) is 0 Å². The van der Waals surface area contributed by atoms with E-state index in [1.807, 2.05) is 54.6 Å². The van der Waals surface area contributed by atoms with E-state index >= 15 is 0 Å². The topological polar surface area (TPSA) is 149 Å². The molecule has 5 aromatic heterocycles. The second-order valence-corrected chi connectivity index (χ2v) is 8.58. The molecule has 192 valence electrons. The van der Waals surface area contributed by atoms with Gasteiger partial charge in [0.25, 0.3) is 0 Å². The summed E-state index contributed by atoms with van der Waals surface area (Å²) in [6.45, 7) is 0. The van der Waals surface area contributed by atoms with Gasteiger partial charge in [0.2, 0.25) is 17.7 Å². The SMILES string of the molecule is N=C(OC(=[NH2+])c1ccc(-c2ccccn2)nc1)c1cccc(-c2nnc(-c3ccc(-c4ccccn4)nc3)o2)c1. The smallest absolute Gasteiger partial charge is 0.374 e. The van der Waals surface area contributed by atoms with E-state index in [2.05, 4.69) is 30.1 Å². The molecule has 0 atom stereocenters. The molecule has 0 fully saturated rings. The summed E-state index contributed by atoms with van der Waals surface area (Å²) in [6.07, 6.45) is 6.68. The minimum absolute atomic E-state index is 0.0530. The molecule has 0 radical (unpaired) electrons. The number of ether oxygens (including phenoxy) is 1. The van der Waals surface area contributed by atoms with Crippen molar-refractivity contribution in [1.29, 1.82) is 5.41 Å². The van der Waals surface area contributed by atoms with Crippen molar-refractivity contribution in [2.45, 2.75) is 0 Å². The molecule has 5 heterocycles. The van der Waals surface area contributed by atoms with E-state index < -0.39 is 0 Å². The number of nitrogens with one attached hydrogen (secondary N) is 1. The summed E-state index contributed by atoms with van der Waals surface area (Å²) >= 11 is 0. The molecule has 10 heteroatoms. The zero-order valence-corrected chi connectivity index (χ0v) is 21.0. The number of nitrogens with two attached hydrogens (primary N) is 1. The Morgan fingerprint density at radius 3 is 1.88 bits per heavy atom. The number of hydrogen-bond donors (Lipinski definition) is 2. The average Bonchev–Trinajstić information content (AvgIpc) is 3.53. The standard InChI is InChI=1S/C30H20N8O2/c31-27(39-28(32)21-10-12-25(35-17-21)23-8-1-3-14-33-23)19-6-5-7-20(16-19)29-37-38-30(40-29)22-11-13-26(36-18-22)24-9-2-4-15-34-24/h1-18,31-32H/p+1. The zero-order valence-electron chi connectivity index (χ0n) is 21.0. The molecule has 0 spiro atoms. The lowest BCUT2D eigenvalue weighted by molar-refractivity contribution is -0.130. The van der Waals surface area contributed by atoms with Gasteiger partial charge in [-0.25, -0.2) is 5.41 Å². The monoisotopic (exact) mass is 525 g/mol. The number of aromatic nitrogens is 6. The van der Waals surface area contributed by atoms with E-state index in [-0.39, 0.29) is 11.8 Å². The number of benzene rings is 1. The molecule has 6 aromatic rings. The number of pyridine rings is 4. The Labute approximate surface area is 228 Å². The molecule has 6 rings (SSSR count). The first-order chi connectivity index (χ1) is 19.6. The minimum Gasteiger partial charge on any atom is -0.416 e. The van der Waals surface area contributed by atoms with E-state index in [4.69, 9.17) is 20.0 Å². The Morgan fingerprint density at radius 2 is 1.27 bits per heavy atom. The van der Waals surface area contributed by atoms with Gasteiger partial charge in [-0.2, -0.15) is 0 Å². The fourth-order valence-electron chi connectivity index (χ4n) is 3.87. The van der Waals surface area contributed by atoms with Gasteiger partial charge >= 0.3 is 5.90 Å². The Hall–Kier alpha value is -5.90. The normalized spacial score (nSPS) is 10.7. The van der Waals surface area contributed by atoms with Crippen molar-refractivity contribution < 1.29 is 14.6 Å². The molecular formula is C30H21N8O2+. The van der Waals surface area contributed by atoms with Crippen molar-refractivity contribution in [2.24, 2.45) is 0 Å². The van der Waals surface area contributed by atoms with Crippen LogP contribution in [0.5, 0.6) is 0 Å². The molecule has 0 saturated carbocycles. The first-order valence-electron chi connectivity index (χ1n) is 12.2. The van der Waals surface area contributed by atoms with E-state index in [1.165, 1.54) is 0 Å². The van der Waals surface area contributed by atoms with Crippen LogP contribution in [-0.2, 0) is 4.74 Å². The van der Waals surface area contributed by atoms with Crippen LogP contribution < -0.4 is 5.41 Å². The molecule has 3 N–H and O–H groups in total. The van der Waals surface area contributed by atoms with Gasteiger partial charge in [0.05, 0.1) is 28.3 Å². The predicted octanol–water partition coefficient (Wildman–Crippen LogP) is 3.87. The lowest BCUT2D eigenvalue weighted by Gasteiger charge is -2.06. The highest BCUT2D eigenvalue weighted by Crippen LogP contribution is 2.25. The summed E-state index contributed by atoms with van der Waals surface area (Å²) in [7, 11) is 0. The van der Waals surface area contributed by atoms with Crippen molar-refractivity contribution in [1.82, 2.24) is 30.1 Å². The Kier molecular flexibility index (Phi) is 6.62. The van der Waals surface area contributed by atoms with Crippen molar-refractivity contribution >= 4 is 11.8 Å². The summed E-state index contributed by atoms with van der Waals surface area (Å²) in [4.78, 5) is 17.5. The number of rotatable bonds is 6. The van der Waals surface area contributed by atoms with E-state index in [1.54, 1.807) is 55.1 Å². The van der Waals surface area contributed by atoms with Crippen LogP contribution in [0.1, 0.15) is 11.1 Å². The van der Waals surface area contributed by atoms with Gasteiger partial charge in [0.1, 0.15) is 5.56 Å². The van der Waals surface area contributed by atoms with Crippen LogP contribution in [0.3, 0.4) is 0 Å². The van der Waals surface area contributed by atoms with E-state index in [0.29, 0.717) is 39.7 Å². The van der Waals surface area contributed by atoms with Crippen molar-refractivity contribution in [3.8, 4) is 45.7 Å². The first-order valence-corrected chi connectivity index (χ1v) is 12.2. The van der Waals surface area contributed by atoms with Crippen LogP contribution in [0.25, 0.3) is 45.7 Å². The fraction of sp³-hybridized carbons (Fsp3) is 0. The number of hydrogen-bond acceptors (Lipinski definition) is 9. The van der Waals surface area contributed by atoms with Crippen LogP contribution >= 0.6 is 0 Å². The Morgan fingerprint density at radius 1 is 0.625 bits per heavy atom. The maximum atomic E-state index is 8.44. The van der Waals surface area contributed by atoms with Crippen LogP contribution in [-0.4, -0.2) is 41.9 Å². The van der Waals surface area contributed by atoms with Gasteiger partial charge in [0.15, 0.2) is 0 Å². The highest BCUT2D eigenvalue weighted by molar-refractivity contribution is 6.04. The summed E-state index contributed by atoms with van der Waals surface area (Å²) < 4.78 is 11.5. The molecule has 10 nitrogen and oxygen atoms in total. The molecule has 0 aliphatic rings. The lowest BCUT2D eigenvalue weighted by Crippen LogP contribution is -2.43. The van der Waals surface area contributed by atoms with Crippen LogP contribution in [0.4, 0.5) is 0 Å². The molecule has 0 amide bonds. The second kappa shape index (κ2) is 10.8. The fourth-order valence-corrected chi connectivity index (χ4v) is 3.87. The molecule has 0 aliphatic carbocycles. The Balaban J connectivity index is 1.14. The van der Waals surface area contributed by atoms with Gasteiger partial charge in [-0.3, -0.25) is 25.3 Å². The summed E-state index contributed by atoms with van der Waals surface area (Å²) in [5.41, 5.74) is 5.31. The lowest BCUT2D eigenvalue weighted by atomic mass is 10.1. The van der Waals surface area contributed by atoms with Crippen LogP contribution in [0.2, 0.25) is 0 Å².